The SMILES string of the molecule is CC(C)N(CC1CC1)C(=O)Cn1cc(Br)cn1. The van der Waals surface area contributed by atoms with Gasteiger partial charge in [0.1, 0.15) is 6.54 Å². The molecule has 1 fully saturated rings. The number of rotatable bonds is 5. The second-order valence-corrected chi connectivity index (χ2v) is 5.86. The molecule has 0 N–H and O–H groups in total. The van der Waals surface area contributed by atoms with Crippen LogP contribution in [0, 0.1) is 5.92 Å². The van der Waals surface area contributed by atoms with E-state index >= 15 is 0 Å². The van der Waals surface area contributed by atoms with Gasteiger partial charge in [-0.3, -0.25) is 9.48 Å². The Morgan fingerprint density at radius 1 is 1.65 bits per heavy atom. The first-order valence-electron chi connectivity index (χ1n) is 6.03. The number of hydrogen-bond acceptors (Lipinski definition) is 2. The lowest BCUT2D eigenvalue weighted by atomic mass is 10.2. The molecule has 1 heterocycles. The molecule has 5 heteroatoms. The Bertz CT molecular complexity index is 398. The van der Waals surface area contributed by atoms with Crippen molar-refractivity contribution < 1.29 is 4.79 Å². The van der Waals surface area contributed by atoms with Crippen molar-refractivity contribution in [2.45, 2.75) is 39.3 Å². The third-order valence-corrected chi connectivity index (χ3v) is 3.40. The van der Waals surface area contributed by atoms with E-state index in [9.17, 15) is 4.79 Å². The number of carbonyl (C=O) groups excluding carboxylic acids is 1. The maximum atomic E-state index is 12.2. The summed E-state index contributed by atoms with van der Waals surface area (Å²) in [5.74, 6) is 0.883. The van der Waals surface area contributed by atoms with Crippen molar-refractivity contribution in [1.29, 1.82) is 0 Å². The number of carbonyl (C=O) groups is 1. The Morgan fingerprint density at radius 2 is 2.35 bits per heavy atom. The Hall–Kier alpha value is -0.840. The zero-order valence-corrected chi connectivity index (χ0v) is 11.9. The lowest BCUT2D eigenvalue weighted by molar-refractivity contribution is -0.134. The van der Waals surface area contributed by atoms with Crippen LogP contribution >= 0.6 is 15.9 Å². The highest BCUT2D eigenvalue weighted by atomic mass is 79.9. The molecule has 1 saturated carbocycles. The molecule has 0 radical (unpaired) electrons. The van der Waals surface area contributed by atoms with Crippen molar-refractivity contribution in [3.05, 3.63) is 16.9 Å². The van der Waals surface area contributed by atoms with Crippen LogP contribution in [0.5, 0.6) is 0 Å². The summed E-state index contributed by atoms with van der Waals surface area (Å²) in [7, 11) is 0. The summed E-state index contributed by atoms with van der Waals surface area (Å²) >= 11 is 3.33. The van der Waals surface area contributed by atoms with E-state index < -0.39 is 0 Å². The van der Waals surface area contributed by atoms with Crippen LogP contribution in [0.15, 0.2) is 16.9 Å². The van der Waals surface area contributed by atoms with Crippen LogP contribution < -0.4 is 0 Å². The van der Waals surface area contributed by atoms with Crippen molar-refractivity contribution in [1.82, 2.24) is 14.7 Å². The van der Waals surface area contributed by atoms with Crippen molar-refractivity contribution in [2.75, 3.05) is 6.54 Å². The number of nitrogens with zero attached hydrogens (tertiary/aromatic N) is 3. The third kappa shape index (κ3) is 3.56. The van der Waals surface area contributed by atoms with Gasteiger partial charge in [-0.1, -0.05) is 0 Å². The zero-order chi connectivity index (χ0) is 12.4. The molecular weight excluding hydrogens is 282 g/mol. The highest BCUT2D eigenvalue weighted by molar-refractivity contribution is 9.10. The average Bonchev–Trinajstić information content (AvgIpc) is 2.98. The van der Waals surface area contributed by atoms with Crippen molar-refractivity contribution in [3.63, 3.8) is 0 Å². The number of hydrogen-bond donors (Lipinski definition) is 0. The molecule has 0 unspecified atom stereocenters. The van der Waals surface area contributed by atoms with Crippen LogP contribution in [0.2, 0.25) is 0 Å². The first kappa shape index (κ1) is 12.6. The molecule has 1 amide bonds. The number of halogens is 1. The Kier molecular flexibility index (Phi) is 3.86. The van der Waals surface area contributed by atoms with Gasteiger partial charge in [0.25, 0.3) is 0 Å². The summed E-state index contributed by atoms with van der Waals surface area (Å²) in [5.41, 5.74) is 0. The molecule has 0 spiro atoms. The van der Waals surface area contributed by atoms with Gasteiger partial charge in [0.05, 0.1) is 10.7 Å². The van der Waals surface area contributed by atoms with Crippen LogP contribution in [0.1, 0.15) is 26.7 Å². The normalized spacial score (nSPS) is 15.3. The van der Waals surface area contributed by atoms with Crippen LogP contribution in [-0.4, -0.2) is 33.2 Å². The fourth-order valence-corrected chi connectivity index (χ4v) is 2.16. The maximum absolute atomic E-state index is 12.2. The standard InChI is InChI=1S/C12H18BrN3O/c1-9(2)16(6-10-3-4-10)12(17)8-15-7-11(13)5-14-15/h5,7,9-10H,3-4,6,8H2,1-2H3. The van der Waals surface area contributed by atoms with E-state index in [1.54, 1.807) is 10.9 Å². The Balaban J connectivity index is 1.95. The molecule has 4 nitrogen and oxygen atoms in total. The molecule has 0 aliphatic heterocycles. The highest BCUT2D eigenvalue weighted by Gasteiger charge is 2.28. The maximum Gasteiger partial charge on any atom is 0.244 e. The average molecular weight is 300 g/mol. The van der Waals surface area contributed by atoms with Crippen LogP contribution in [0.25, 0.3) is 0 Å². The van der Waals surface area contributed by atoms with Crippen molar-refractivity contribution in [3.8, 4) is 0 Å². The van der Waals surface area contributed by atoms with E-state index in [1.807, 2.05) is 11.1 Å². The van der Waals surface area contributed by atoms with Crippen molar-refractivity contribution >= 4 is 21.8 Å². The minimum Gasteiger partial charge on any atom is -0.338 e. The minimum absolute atomic E-state index is 0.155. The summed E-state index contributed by atoms with van der Waals surface area (Å²) in [4.78, 5) is 14.1. The van der Waals surface area contributed by atoms with E-state index in [-0.39, 0.29) is 11.9 Å². The number of aromatic nitrogens is 2. The topological polar surface area (TPSA) is 38.1 Å². The van der Waals surface area contributed by atoms with Gasteiger partial charge in [0.2, 0.25) is 5.91 Å². The smallest absolute Gasteiger partial charge is 0.244 e. The molecule has 0 bridgehead atoms. The van der Waals surface area contributed by atoms with Gasteiger partial charge in [-0.15, -0.1) is 0 Å². The monoisotopic (exact) mass is 299 g/mol. The quantitative estimate of drug-likeness (QED) is 0.837. The molecule has 94 valence electrons. The molecule has 0 saturated heterocycles. The van der Waals surface area contributed by atoms with Gasteiger partial charge in [0.15, 0.2) is 0 Å². The summed E-state index contributed by atoms with van der Waals surface area (Å²) < 4.78 is 2.58. The summed E-state index contributed by atoms with van der Waals surface area (Å²) in [6.07, 6.45) is 6.06. The summed E-state index contributed by atoms with van der Waals surface area (Å²) in [6, 6.07) is 0.266. The second-order valence-electron chi connectivity index (χ2n) is 4.94. The van der Waals surface area contributed by atoms with Gasteiger partial charge >= 0.3 is 0 Å². The van der Waals surface area contributed by atoms with Crippen LogP contribution in [0.3, 0.4) is 0 Å². The predicted molar refractivity (Wildman–Crippen MR) is 69.5 cm³/mol. The Morgan fingerprint density at radius 3 is 2.82 bits per heavy atom. The molecular formula is C12H18BrN3O. The lowest BCUT2D eigenvalue weighted by Crippen LogP contribution is -2.40. The van der Waals surface area contributed by atoms with Crippen molar-refractivity contribution in [2.24, 2.45) is 5.92 Å². The molecule has 2 rings (SSSR count). The van der Waals surface area contributed by atoms with Gasteiger partial charge < -0.3 is 4.90 Å². The number of amides is 1. The van der Waals surface area contributed by atoms with Crippen LogP contribution in [0.4, 0.5) is 0 Å². The zero-order valence-electron chi connectivity index (χ0n) is 10.3. The van der Waals surface area contributed by atoms with E-state index in [0.717, 1.165) is 16.9 Å². The first-order chi connectivity index (χ1) is 8.06. The van der Waals surface area contributed by atoms with Gasteiger partial charge in [-0.25, -0.2) is 0 Å². The van der Waals surface area contributed by atoms with E-state index in [1.165, 1.54) is 12.8 Å². The fourth-order valence-electron chi connectivity index (χ4n) is 1.83. The fraction of sp³-hybridized carbons (Fsp3) is 0.667. The molecule has 1 aliphatic carbocycles. The Labute approximate surface area is 110 Å². The molecule has 1 aromatic heterocycles. The summed E-state index contributed by atoms with van der Waals surface area (Å²) in [5, 5.41) is 4.11. The predicted octanol–water partition coefficient (Wildman–Crippen LogP) is 2.29. The van der Waals surface area contributed by atoms with E-state index in [4.69, 9.17) is 0 Å². The van der Waals surface area contributed by atoms with Gasteiger partial charge in [-0.2, -0.15) is 5.10 Å². The lowest BCUT2D eigenvalue weighted by Gasteiger charge is -2.26. The minimum atomic E-state index is 0.155. The van der Waals surface area contributed by atoms with E-state index in [0.29, 0.717) is 6.54 Å². The molecule has 0 atom stereocenters. The molecule has 1 aromatic rings. The third-order valence-electron chi connectivity index (χ3n) is 2.99. The molecule has 17 heavy (non-hydrogen) atoms. The largest absolute Gasteiger partial charge is 0.338 e. The first-order valence-corrected chi connectivity index (χ1v) is 6.83. The van der Waals surface area contributed by atoms with E-state index in [2.05, 4.69) is 34.9 Å². The summed E-state index contributed by atoms with van der Waals surface area (Å²) in [6.45, 7) is 5.37. The van der Waals surface area contributed by atoms with Gasteiger partial charge in [0, 0.05) is 18.8 Å². The second kappa shape index (κ2) is 5.21. The highest BCUT2D eigenvalue weighted by Crippen LogP contribution is 2.30. The van der Waals surface area contributed by atoms with Gasteiger partial charge in [-0.05, 0) is 48.5 Å². The molecule has 1 aliphatic rings. The molecule has 0 aromatic carbocycles. The van der Waals surface area contributed by atoms with Crippen LogP contribution in [-0.2, 0) is 11.3 Å².